The Hall–Kier alpha value is -0.650. The Morgan fingerprint density at radius 1 is 1.47 bits per heavy atom. The summed E-state index contributed by atoms with van der Waals surface area (Å²) in [6.45, 7) is 5.46. The standard InChI is InChI=1S/C12H23N2O3/c1-14(5-7-17-8-6-14)10-11(15)9-13-4-2-3-12(13)16/h11,15H,2-10H2,1H3/q+1/t11-/m1/s1. The van der Waals surface area contributed by atoms with Gasteiger partial charge < -0.3 is 19.2 Å². The van der Waals surface area contributed by atoms with Gasteiger partial charge in [0.15, 0.2) is 0 Å². The third kappa shape index (κ3) is 3.40. The topological polar surface area (TPSA) is 49.8 Å². The number of aliphatic hydroxyl groups is 1. The number of likely N-dealkylation sites (N-methyl/N-ethyl adjacent to an activating group) is 1. The first kappa shape index (κ1) is 12.8. The molecule has 2 saturated heterocycles. The van der Waals surface area contributed by atoms with Crippen molar-refractivity contribution in [1.29, 1.82) is 0 Å². The van der Waals surface area contributed by atoms with Crippen LogP contribution in [0.1, 0.15) is 12.8 Å². The van der Waals surface area contributed by atoms with Crippen LogP contribution in [0.2, 0.25) is 0 Å². The zero-order valence-electron chi connectivity index (χ0n) is 10.6. The Kier molecular flexibility index (Phi) is 4.01. The van der Waals surface area contributed by atoms with Gasteiger partial charge in [0.2, 0.25) is 5.91 Å². The molecule has 2 rings (SSSR count). The number of likely N-dealkylation sites (tertiary alicyclic amines) is 1. The number of aliphatic hydroxyl groups excluding tert-OH is 1. The van der Waals surface area contributed by atoms with Gasteiger partial charge in [0.25, 0.3) is 0 Å². The number of hydrogen-bond acceptors (Lipinski definition) is 3. The lowest BCUT2D eigenvalue weighted by Gasteiger charge is -2.39. The van der Waals surface area contributed by atoms with Gasteiger partial charge >= 0.3 is 0 Å². The SMILES string of the molecule is C[N+]1(C[C@H](O)CN2CCCC2=O)CCOCC1. The number of hydrogen-bond donors (Lipinski definition) is 1. The molecule has 5 nitrogen and oxygen atoms in total. The Bertz CT molecular complexity index is 277. The van der Waals surface area contributed by atoms with Gasteiger partial charge in [-0.1, -0.05) is 0 Å². The van der Waals surface area contributed by atoms with E-state index in [0.717, 1.165) is 43.8 Å². The second kappa shape index (κ2) is 5.33. The van der Waals surface area contributed by atoms with Crippen LogP contribution in [0.4, 0.5) is 0 Å². The van der Waals surface area contributed by atoms with E-state index in [-0.39, 0.29) is 5.91 Å². The van der Waals surface area contributed by atoms with Gasteiger partial charge in [-0.3, -0.25) is 4.79 Å². The summed E-state index contributed by atoms with van der Waals surface area (Å²) in [5, 5.41) is 10.1. The Morgan fingerprint density at radius 2 is 2.18 bits per heavy atom. The number of carbonyl (C=O) groups excluding carboxylic acids is 1. The Morgan fingerprint density at radius 3 is 2.76 bits per heavy atom. The molecule has 0 saturated carbocycles. The van der Waals surface area contributed by atoms with Gasteiger partial charge in [0.05, 0.1) is 26.8 Å². The molecule has 1 amide bonds. The fourth-order valence-electron chi connectivity index (χ4n) is 2.68. The first-order valence-corrected chi connectivity index (χ1v) is 6.46. The van der Waals surface area contributed by atoms with E-state index in [0.29, 0.717) is 19.5 Å². The largest absolute Gasteiger partial charge is 0.385 e. The van der Waals surface area contributed by atoms with Gasteiger partial charge in [-0.25, -0.2) is 0 Å². The second-order valence-electron chi connectivity index (χ2n) is 5.46. The molecule has 0 aromatic rings. The first-order valence-electron chi connectivity index (χ1n) is 6.46. The third-order valence-corrected chi connectivity index (χ3v) is 3.80. The molecule has 1 N–H and O–H groups in total. The van der Waals surface area contributed by atoms with E-state index in [1.165, 1.54) is 0 Å². The number of nitrogens with zero attached hydrogens (tertiary/aromatic N) is 2. The number of morpholine rings is 1. The molecule has 0 unspecified atom stereocenters. The van der Waals surface area contributed by atoms with Crippen LogP contribution in [0.25, 0.3) is 0 Å². The van der Waals surface area contributed by atoms with Gasteiger partial charge in [-0.2, -0.15) is 0 Å². The molecule has 2 aliphatic rings. The molecule has 0 radical (unpaired) electrons. The minimum atomic E-state index is -0.417. The highest BCUT2D eigenvalue weighted by molar-refractivity contribution is 5.78. The number of quaternary nitrogens is 1. The molecule has 0 aromatic heterocycles. The van der Waals surface area contributed by atoms with Crippen molar-refractivity contribution in [2.75, 3.05) is 53.0 Å². The van der Waals surface area contributed by atoms with Crippen LogP contribution >= 0.6 is 0 Å². The summed E-state index contributed by atoms with van der Waals surface area (Å²) in [5.74, 6) is 0.189. The highest BCUT2D eigenvalue weighted by atomic mass is 16.5. The third-order valence-electron chi connectivity index (χ3n) is 3.80. The number of carbonyl (C=O) groups is 1. The maximum Gasteiger partial charge on any atom is 0.222 e. The van der Waals surface area contributed by atoms with Crippen LogP contribution in [-0.2, 0) is 9.53 Å². The van der Waals surface area contributed by atoms with Crippen molar-refractivity contribution < 1.29 is 19.1 Å². The van der Waals surface area contributed by atoms with E-state index in [1.807, 2.05) is 0 Å². The molecule has 0 bridgehead atoms. The summed E-state index contributed by atoms with van der Waals surface area (Å²) >= 11 is 0. The second-order valence-corrected chi connectivity index (χ2v) is 5.46. The predicted octanol–water partition coefficient (Wildman–Crippen LogP) is -0.553. The number of rotatable bonds is 4. The van der Waals surface area contributed by atoms with Gasteiger partial charge in [0.1, 0.15) is 25.7 Å². The maximum atomic E-state index is 11.5. The minimum Gasteiger partial charge on any atom is -0.385 e. The zero-order valence-corrected chi connectivity index (χ0v) is 10.6. The summed E-state index contributed by atoms with van der Waals surface area (Å²) in [5.41, 5.74) is 0. The van der Waals surface area contributed by atoms with Crippen molar-refractivity contribution in [3.8, 4) is 0 Å². The summed E-state index contributed by atoms with van der Waals surface area (Å²) in [6.07, 6.45) is 1.17. The monoisotopic (exact) mass is 243 g/mol. The van der Waals surface area contributed by atoms with Crippen molar-refractivity contribution >= 4 is 5.91 Å². The lowest BCUT2D eigenvalue weighted by molar-refractivity contribution is -0.919. The molecule has 1 atom stereocenters. The first-order chi connectivity index (χ1) is 8.09. The highest BCUT2D eigenvalue weighted by Crippen LogP contribution is 2.13. The summed E-state index contributed by atoms with van der Waals surface area (Å²) in [4.78, 5) is 13.3. The summed E-state index contributed by atoms with van der Waals surface area (Å²) < 4.78 is 6.19. The van der Waals surface area contributed by atoms with Crippen LogP contribution in [0.15, 0.2) is 0 Å². The van der Waals surface area contributed by atoms with Crippen LogP contribution in [0.3, 0.4) is 0 Å². The number of β-amino-alcohol motifs (C(OH)–C–C–N with tert-alkyl or cyclic N) is 1. The van der Waals surface area contributed by atoms with Crippen LogP contribution in [-0.4, -0.2) is 79.5 Å². The molecule has 0 aliphatic carbocycles. The Balaban J connectivity index is 1.79. The molecule has 17 heavy (non-hydrogen) atoms. The summed E-state index contributed by atoms with van der Waals surface area (Å²) in [7, 11) is 2.15. The van der Waals surface area contributed by atoms with Crippen molar-refractivity contribution in [2.45, 2.75) is 18.9 Å². The van der Waals surface area contributed by atoms with Crippen molar-refractivity contribution in [3.63, 3.8) is 0 Å². The molecular formula is C12H23N2O3+. The smallest absolute Gasteiger partial charge is 0.222 e. The van der Waals surface area contributed by atoms with Gasteiger partial charge in [0, 0.05) is 13.0 Å². The summed E-state index contributed by atoms with van der Waals surface area (Å²) in [6, 6.07) is 0. The normalized spacial score (nSPS) is 26.2. The quantitative estimate of drug-likeness (QED) is 0.674. The van der Waals surface area contributed by atoms with E-state index in [4.69, 9.17) is 4.74 Å². The molecule has 5 heteroatoms. The van der Waals surface area contributed by atoms with Gasteiger partial charge in [-0.15, -0.1) is 0 Å². The van der Waals surface area contributed by atoms with E-state index in [2.05, 4.69) is 7.05 Å². The lowest BCUT2D eigenvalue weighted by Crippen LogP contribution is -2.56. The van der Waals surface area contributed by atoms with E-state index >= 15 is 0 Å². The molecule has 2 aliphatic heterocycles. The van der Waals surface area contributed by atoms with Crippen molar-refractivity contribution in [2.24, 2.45) is 0 Å². The predicted molar refractivity (Wildman–Crippen MR) is 63.4 cm³/mol. The van der Waals surface area contributed by atoms with E-state index < -0.39 is 6.10 Å². The zero-order chi connectivity index (χ0) is 12.3. The number of ether oxygens (including phenoxy) is 1. The highest BCUT2D eigenvalue weighted by Gasteiger charge is 2.30. The molecule has 0 spiro atoms. The van der Waals surface area contributed by atoms with Gasteiger partial charge in [-0.05, 0) is 6.42 Å². The Labute approximate surface area is 103 Å². The van der Waals surface area contributed by atoms with Crippen molar-refractivity contribution in [1.82, 2.24) is 4.90 Å². The molecule has 2 heterocycles. The lowest BCUT2D eigenvalue weighted by atomic mass is 10.2. The van der Waals surface area contributed by atoms with E-state index in [9.17, 15) is 9.90 Å². The fraction of sp³-hybridized carbons (Fsp3) is 0.917. The van der Waals surface area contributed by atoms with Crippen molar-refractivity contribution in [3.05, 3.63) is 0 Å². The molecule has 98 valence electrons. The molecule has 2 fully saturated rings. The maximum absolute atomic E-state index is 11.5. The molecular weight excluding hydrogens is 220 g/mol. The minimum absolute atomic E-state index is 0.189. The van der Waals surface area contributed by atoms with Crippen LogP contribution < -0.4 is 0 Å². The van der Waals surface area contributed by atoms with Crippen LogP contribution in [0, 0.1) is 0 Å². The average Bonchev–Trinajstić information content (AvgIpc) is 2.64. The van der Waals surface area contributed by atoms with E-state index in [1.54, 1.807) is 4.90 Å². The van der Waals surface area contributed by atoms with Crippen LogP contribution in [0.5, 0.6) is 0 Å². The molecule has 0 aromatic carbocycles. The average molecular weight is 243 g/mol. The fourth-order valence-corrected chi connectivity index (χ4v) is 2.68. The number of amides is 1.